The topological polar surface area (TPSA) is 28.2 Å². The quantitative estimate of drug-likeness (QED) is 0.922. The summed E-state index contributed by atoms with van der Waals surface area (Å²) in [7, 11) is 2.18. The van der Waals surface area contributed by atoms with Crippen LogP contribution in [0.5, 0.6) is 0 Å². The van der Waals surface area contributed by atoms with Gasteiger partial charge in [0.2, 0.25) is 0 Å². The van der Waals surface area contributed by atoms with Crippen LogP contribution in [0.4, 0.5) is 5.69 Å². The van der Waals surface area contributed by atoms with Crippen LogP contribution < -0.4 is 5.32 Å². The second kappa shape index (κ2) is 6.06. The van der Waals surface area contributed by atoms with Gasteiger partial charge in [-0.05, 0) is 54.8 Å². The molecule has 1 aliphatic heterocycles. The van der Waals surface area contributed by atoms with Crippen LogP contribution in [-0.4, -0.2) is 23.5 Å². The molecule has 104 valence electrons. The first-order valence-electron chi connectivity index (χ1n) is 7.25. The maximum absolute atomic E-state index is 4.07. The smallest absolute Gasteiger partial charge is 0.0375 e. The van der Waals surface area contributed by atoms with Crippen LogP contribution >= 0.6 is 0 Å². The van der Waals surface area contributed by atoms with Crippen molar-refractivity contribution in [2.45, 2.75) is 25.9 Å². The molecule has 2 heterocycles. The molecular weight excluding hydrogens is 246 g/mol. The van der Waals surface area contributed by atoms with Crippen LogP contribution in [-0.2, 0) is 19.5 Å². The molecule has 0 bridgehead atoms. The minimum Gasteiger partial charge on any atom is -0.385 e. The van der Waals surface area contributed by atoms with Gasteiger partial charge in [-0.15, -0.1) is 0 Å². The third kappa shape index (κ3) is 2.99. The molecule has 0 fully saturated rings. The fraction of sp³-hybridized carbons (Fsp3) is 0.353. The van der Waals surface area contributed by atoms with Gasteiger partial charge in [0, 0.05) is 37.7 Å². The summed E-state index contributed by atoms with van der Waals surface area (Å²) in [5.74, 6) is 0. The minimum atomic E-state index is 0.958. The van der Waals surface area contributed by atoms with Gasteiger partial charge in [0.25, 0.3) is 0 Å². The van der Waals surface area contributed by atoms with Gasteiger partial charge in [-0.25, -0.2) is 0 Å². The Morgan fingerprint density at radius 3 is 2.85 bits per heavy atom. The van der Waals surface area contributed by atoms with Crippen molar-refractivity contribution < 1.29 is 0 Å². The maximum atomic E-state index is 4.07. The first kappa shape index (κ1) is 13.1. The van der Waals surface area contributed by atoms with E-state index in [2.05, 4.69) is 52.6 Å². The van der Waals surface area contributed by atoms with E-state index < -0.39 is 0 Å². The zero-order chi connectivity index (χ0) is 13.8. The van der Waals surface area contributed by atoms with Crippen LogP contribution in [0.1, 0.15) is 23.1 Å². The Morgan fingerprint density at radius 2 is 2.00 bits per heavy atom. The fourth-order valence-corrected chi connectivity index (χ4v) is 2.88. The first-order valence-corrected chi connectivity index (χ1v) is 7.25. The summed E-state index contributed by atoms with van der Waals surface area (Å²) < 4.78 is 0. The Bertz CT molecular complexity index is 566. The Hall–Kier alpha value is -1.87. The zero-order valence-corrected chi connectivity index (χ0v) is 12.0. The average molecular weight is 267 g/mol. The Morgan fingerprint density at radius 1 is 1.15 bits per heavy atom. The van der Waals surface area contributed by atoms with Crippen molar-refractivity contribution in [3.63, 3.8) is 0 Å². The number of hydrogen-bond acceptors (Lipinski definition) is 3. The lowest BCUT2D eigenvalue weighted by Gasteiger charge is -2.24. The van der Waals surface area contributed by atoms with Gasteiger partial charge in [-0.3, -0.25) is 9.88 Å². The number of anilines is 1. The van der Waals surface area contributed by atoms with E-state index in [0.717, 1.165) is 19.6 Å². The molecule has 0 aliphatic carbocycles. The summed E-state index contributed by atoms with van der Waals surface area (Å²) in [6.07, 6.45) is 6.15. The van der Waals surface area contributed by atoms with E-state index in [9.17, 15) is 0 Å². The summed E-state index contributed by atoms with van der Waals surface area (Å²) >= 11 is 0. The van der Waals surface area contributed by atoms with Gasteiger partial charge in [-0.1, -0.05) is 12.1 Å². The summed E-state index contributed by atoms with van der Waals surface area (Å²) in [5.41, 5.74) is 5.59. The van der Waals surface area contributed by atoms with Gasteiger partial charge >= 0.3 is 0 Å². The number of nitrogens with one attached hydrogen (secondary N) is 1. The number of hydrogen-bond donors (Lipinski definition) is 1. The number of aromatic nitrogens is 1. The van der Waals surface area contributed by atoms with E-state index >= 15 is 0 Å². The van der Waals surface area contributed by atoms with E-state index in [1.807, 2.05) is 12.4 Å². The van der Waals surface area contributed by atoms with Gasteiger partial charge in [0.05, 0.1) is 0 Å². The first-order chi connectivity index (χ1) is 9.83. The van der Waals surface area contributed by atoms with Crippen LogP contribution in [0.2, 0.25) is 0 Å². The lowest BCUT2D eigenvalue weighted by molar-refractivity contribution is 0.318. The predicted molar refractivity (Wildman–Crippen MR) is 82.7 cm³/mol. The zero-order valence-electron chi connectivity index (χ0n) is 12.0. The Balaban J connectivity index is 1.71. The molecule has 3 rings (SSSR count). The number of nitrogens with zero attached hydrogens (tertiary/aromatic N) is 2. The van der Waals surface area contributed by atoms with E-state index in [1.54, 1.807) is 0 Å². The molecule has 3 heteroatoms. The average Bonchev–Trinajstić information content (AvgIpc) is 2.48. The summed E-state index contributed by atoms with van der Waals surface area (Å²) in [4.78, 5) is 6.43. The molecule has 1 aromatic heterocycles. The van der Waals surface area contributed by atoms with E-state index in [-0.39, 0.29) is 0 Å². The predicted octanol–water partition coefficient (Wildman–Crippen LogP) is 3.07. The lowest BCUT2D eigenvalue weighted by atomic mass is 9.97. The molecule has 0 spiro atoms. The van der Waals surface area contributed by atoms with Crippen LogP contribution in [0.15, 0.2) is 42.7 Å². The van der Waals surface area contributed by atoms with Crippen molar-refractivity contribution in [2.24, 2.45) is 0 Å². The maximum Gasteiger partial charge on any atom is 0.0375 e. The highest BCUT2D eigenvalue weighted by molar-refractivity contribution is 5.56. The molecule has 2 aromatic rings. The molecule has 0 unspecified atom stereocenters. The molecule has 1 aromatic carbocycles. The highest BCUT2D eigenvalue weighted by Crippen LogP contribution is 2.26. The minimum absolute atomic E-state index is 0.958. The molecule has 1 aliphatic rings. The Labute approximate surface area is 120 Å². The van der Waals surface area contributed by atoms with Crippen molar-refractivity contribution in [1.82, 2.24) is 9.88 Å². The molecule has 20 heavy (non-hydrogen) atoms. The molecule has 1 N–H and O–H groups in total. The molecule has 0 radical (unpaired) electrons. The normalized spacial score (nSPS) is 13.9. The summed E-state index contributed by atoms with van der Waals surface area (Å²) in [5, 5.41) is 3.50. The van der Waals surface area contributed by atoms with E-state index in [4.69, 9.17) is 0 Å². The molecule has 0 amide bonds. The third-order valence-electron chi connectivity index (χ3n) is 3.83. The lowest BCUT2D eigenvalue weighted by Crippen LogP contribution is -2.20. The summed E-state index contributed by atoms with van der Waals surface area (Å²) in [6.45, 7) is 3.05. The van der Waals surface area contributed by atoms with Crippen LogP contribution in [0.3, 0.4) is 0 Å². The summed E-state index contributed by atoms with van der Waals surface area (Å²) in [6, 6.07) is 10.8. The van der Waals surface area contributed by atoms with Crippen LogP contribution in [0, 0.1) is 0 Å². The Kier molecular flexibility index (Phi) is 3.97. The fourth-order valence-electron chi connectivity index (χ4n) is 2.88. The highest BCUT2D eigenvalue weighted by Gasteiger charge is 2.13. The second-order valence-electron chi connectivity index (χ2n) is 5.50. The molecule has 0 saturated heterocycles. The van der Waals surface area contributed by atoms with Crippen molar-refractivity contribution in [1.29, 1.82) is 0 Å². The molecule has 0 saturated carbocycles. The highest BCUT2D eigenvalue weighted by atomic mass is 15.1. The van der Waals surface area contributed by atoms with Gasteiger partial charge in [-0.2, -0.15) is 0 Å². The largest absolute Gasteiger partial charge is 0.385 e. The SMILES string of the molecule is CN(Cc1ccncc1)Cc1cccc2c1CCCN2. The van der Waals surface area contributed by atoms with Gasteiger partial charge in [0.15, 0.2) is 0 Å². The van der Waals surface area contributed by atoms with Crippen molar-refractivity contribution in [2.75, 3.05) is 18.9 Å². The van der Waals surface area contributed by atoms with Crippen molar-refractivity contribution >= 4 is 5.69 Å². The number of pyridine rings is 1. The van der Waals surface area contributed by atoms with Gasteiger partial charge < -0.3 is 5.32 Å². The molecular formula is C17H21N3. The van der Waals surface area contributed by atoms with E-state index in [0.29, 0.717) is 0 Å². The second-order valence-corrected chi connectivity index (χ2v) is 5.50. The number of fused-ring (bicyclic) bond motifs is 1. The monoisotopic (exact) mass is 267 g/mol. The molecule has 3 nitrogen and oxygen atoms in total. The number of benzene rings is 1. The van der Waals surface area contributed by atoms with Crippen LogP contribution in [0.25, 0.3) is 0 Å². The van der Waals surface area contributed by atoms with E-state index in [1.165, 1.54) is 35.2 Å². The van der Waals surface area contributed by atoms with Crippen molar-refractivity contribution in [3.8, 4) is 0 Å². The third-order valence-corrected chi connectivity index (χ3v) is 3.83. The van der Waals surface area contributed by atoms with Crippen molar-refractivity contribution in [3.05, 3.63) is 59.4 Å². The number of rotatable bonds is 4. The molecule has 0 atom stereocenters. The van der Waals surface area contributed by atoms with Gasteiger partial charge in [0.1, 0.15) is 0 Å². The standard InChI is InChI=1S/C17H21N3/c1-20(12-14-7-10-18-11-8-14)13-15-4-2-6-17-16(15)5-3-9-19-17/h2,4,6-8,10-11,19H,3,5,9,12-13H2,1H3.